The minimum absolute atomic E-state index is 0.0276. The van der Waals surface area contributed by atoms with Gasteiger partial charge in [-0.2, -0.15) is 0 Å². The van der Waals surface area contributed by atoms with Crippen LogP contribution < -0.4 is 5.32 Å². The van der Waals surface area contributed by atoms with Gasteiger partial charge in [-0.05, 0) is 41.5 Å². The molecule has 0 bridgehead atoms. The van der Waals surface area contributed by atoms with E-state index in [9.17, 15) is 14.2 Å². The van der Waals surface area contributed by atoms with E-state index in [-0.39, 0.29) is 25.0 Å². The van der Waals surface area contributed by atoms with E-state index in [1.807, 2.05) is 0 Å². The fourth-order valence-electron chi connectivity index (χ4n) is 1.87. The molecule has 1 N–H and O–H groups in total. The molecule has 0 aromatic rings. The normalized spacial score (nSPS) is 14.0. The third kappa shape index (κ3) is 9.54. The van der Waals surface area contributed by atoms with E-state index in [2.05, 4.69) is 5.32 Å². The molecule has 0 spiro atoms. The van der Waals surface area contributed by atoms with Crippen molar-refractivity contribution in [3.63, 3.8) is 0 Å². The van der Waals surface area contributed by atoms with Crippen LogP contribution in [0.15, 0.2) is 11.6 Å². The minimum Gasteiger partial charge on any atom is -0.464 e. The van der Waals surface area contributed by atoms with Gasteiger partial charge in [-0.15, -0.1) is 0 Å². The van der Waals surface area contributed by atoms with Gasteiger partial charge in [-0.25, -0.2) is 4.79 Å². The van der Waals surface area contributed by atoms with Crippen molar-refractivity contribution >= 4 is 20.0 Å². The summed E-state index contributed by atoms with van der Waals surface area (Å²) in [5, 5.41) is 2.36. The summed E-state index contributed by atoms with van der Waals surface area (Å²) in [4.78, 5) is 22.4. The van der Waals surface area contributed by atoms with Crippen LogP contribution in [0, 0.1) is 0 Å². The average Bonchev–Trinajstić information content (AvgIpc) is 2.35. The number of amides is 1. The average molecular weight is 349 g/mol. The summed E-state index contributed by atoms with van der Waals surface area (Å²) in [5.74, 6) is -0.580. The Labute approximate surface area is 138 Å². The second kappa shape index (κ2) is 10.6. The number of allylic oxidation sites excluding steroid dienone is 1. The summed E-state index contributed by atoms with van der Waals surface area (Å²) in [7, 11) is -3.35. The van der Waals surface area contributed by atoms with E-state index in [0.717, 1.165) is 0 Å². The number of hydrogen-bond acceptors (Lipinski definition) is 6. The zero-order chi connectivity index (χ0) is 18.0. The molecule has 0 aromatic carbocycles. The fraction of sp³-hybridized carbons (Fsp3) is 0.733. The number of nitrogens with one attached hydrogen (secondary N) is 1. The molecule has 1 amide bonds. The first-order valence-corrected chi connectivity index (χ1v) is 9.35. The molecule has 1 atom stereocenters. The molecule has 0 aliphatic rings. The van der Waals surface area contributed by atoms with Crippen LogP contribution in [0.3, 0.4) is 0 Å². The molecule has 0 aliphatic heterocycles. The molecule has 0 fully saturated rings. The quantitative estimate of drug-likeness (QED) is 0.267. The second-order valence-corrected chi connectivity index (χ2v) is 7.56. The molecule has 1 unspecified atom stereocenters. The van der Waals surface area contributed by atoms with Crippen molar-refractivity contribution < 1.29 is 27.9 Å². The van der Waals surface area contributed by atoms with Gasteiger partial charge in [0, 0.05) is 0 Å². The lowest BCUT2D eigenvalue weighted by Gasteiger charge is -2.23. The molecular formula is C15H28NO6P. The summed E-state index contributed by atoms with van der Waals surface area (Å²) in [5.41, 5.74) is 0.599. The Bertz CT molecular complexity index is 447. The van der Waals surface area contributed by atoms with Crippen LogP contribution in [-0.2, 0) is 27.9 Å². The summed E-state index contributed by atoms with van der Waals surface area (Å²) < 4.78 is 28.6. The smallest absolute Gasteiger partial charge is 0.335 e. The molecule has 0 rings (SSSR count). The van der Waals surface area contributed by atoms with E-state index in [0.29, 0.717) is 12.0 Å². The third-order valence-corrected chi connectivity index (χ3v) is 4.80. The lowest BCUT2D eigenvalue weighted by molar-refractivity contribution is -0.145. The van der Waals surface area contributed by atoms with Crippen molar-refractivity contribution in [3.05, 3.63) is 11.6 Å². The van der Waals surface area contributed by atoms with Crippen molar-refractivity contribution in [3.8, 4) is 0 Å². The minimum atomic E-state index is -3.35. The molecule has 0 saturated heterocycles. The zero-order valence-electron chi connectivity index (χ0n) is 14.7. The second-order valence-electron chi connectivity index (χ2n) is 5.60. The topological polar surface area (TPSA) is 90.9 Å². The van der Waals surface area contributed by atoms with Gasteiger partial charge >= 0.3 is 13.6 Å². The Kier molecular flexibility index (Phi) is 10.0. The fourth-order valence-corrected chi connectivity index (χ4v) is 4.07. The van der Waals surface area contributed by atoms with Gasteiger partial charge in [0.05, 0.1) is 25.0 Å². The van der Waals surface area contributed by atoms with Crippen molar-refractivity contribution in [1.82, 2.24) is 5.32 Å². The van der Waals surface area contributed by atoms with Gasteiger partial charge in [-0.3, -0.25) is 9.36 Å². The molecule has 0 aromatic heterocycles. The first-order valence-electron chi connectivity index (χ1n) is 7.63. The maximum atomic E-state index is 12.8. The van der Waals surface area contributed by atoms with Crippen molar-refractivity contribution in [2.45, 2.75) is 59.8 Å². The van der Waals surface area contributed by atoms with E-state index in [1.165, 1.54) is 6.08 Å². The Morgan fingerprint density at radius 2 is 1.70 bits per heavy atom. The highest BCUT2D eigenvalue weighted by Crippen LogP contribution is 2.51. The van der Waals surface area contributed by atoms with Crippen LogP contribution >= 0.6 is 7.60 Å². The highest BCUT2D eigenvalue weighted by molar-refractivity contribution is 7.54. The Balaban J connectivity index is 5.18. The molecule has 8 heteroatoms. The van der Waals surface area contributed by atoms with E-state index < -0.39 is 19.6 Å². The Hall–Kier alpha value is -1.17. The molecule has 23 heavy (non-hydrogen) atoms. The molecule has 134 valence electrons. The zero-order valence-corrected chi connectivity index (χ0v) is 15.6. The highest BCUT2D eigenvalue weighted by Gasteiger charge is 2.29. The number of ether oxygens (including phenoxy) is 1. The summed E-state index contributed by atoms with van der Waals surface area (Å²) in [6.07, 6.45) is 1.41. The first kappa shape index (κ1) is 21.8. The third-order valence-electron chi connectivity index (χ3n) is 2.43. The largest absolute Gasteiger partial charge is 0.464 e. The molecule has 0 aliphatic carbocycles. The van der Waals surface area contributed by atoms with Crippen LogP contribution in [0.2, 0.25) is 0 Å². The van der Waals surface area contributed by atoms with Gasteiger partial charge < -0.3 is 19.1 Å². The molecule has 7 nitrogen and oxygen atoms in total. The Morgan fingerprint density at radius 3 is 2.09 bits per heavy atom. The lowest BCUT2D eigenvalue weighted by Crippen LogP contribution is -2.36. The number of carbonyl (C=O) groups is 2. The number of rotatable bonds is 11. The summed E-state index contributed by atoms with van der Waals surface area (Å²) in [6.45, 7) is 10.6. The van der Waals surface area contributed by atoms with E-state index >= 15 is 0 Å². The van der Waals surface area contributed by atoms with Crippen LogP contribution in [0.1, 0.15) is 41.5 Å². The monoisotopic (exact) mass is 349 g/mol. The van der Waals surface area contributed by atoms with E-state index in [1.54, 1.807) is 41.5 Å². The number of hydrogen-bond donors (Lipinski definition) is 1. The van der Waals surface area contributed by atoms with Gasteiger partial charge in [0.2, 0.25) is 6.41 Å². The maximum absolute atomic E-state index is 12.8. The van der Waals surface area contributed by atoms with Crippen molar-refractivity contribution in [1.29, 1.82) is 0 Å². The number of carbonyl (C=O) groups excluding carboxylic acids is 2. The van der Waals surface area contributed by atoms with E-state index in [4.69, 9.17) is 13.8 Å². The summed E-state index contributed by atoms with van der Waals surface area (Å²) in [6, 6.07) is -0.931. The van der Waals surface area contributed by atoms with Crippen LogP contribution in [0.5, 0.6) is 0 Å². The number of esters is 1. The maximum Gasteiger partial charge on any atom is 0.335 e. The SMILES string of the molecule is CCOC(=O)C(/C=C(\C)CP(=O)(OC(C)C)OC(C)C)NC=O. The van der Waals surface area contributed by atoms with Crippen molar-refractivity contribution in [2.24, 2.45) is 0 Å². The molecule has 0 heterocycles. The van der Waals surface area contributed by atoms with Gasteiger partial charge in [-0.1, -0.05) is 11.6 Å². The predicted molar refractivity (Wildman–Crippen MR) is 88.3 cm³/mol. The van der Waals surface area contributed by atoms with Crippen LogP contribution in [-0.4, -0.2) is 43.4 Å². The highest BCUT2D eigenvalue weighted by atomic mass is 31.2. The van der Waals surface area contributed by atoms with Gasteiger partial charge in [0.15, 0.2) is 0 Å². The predicted octanol–water partition coefficient (Wildman–Crippen LogP) is 2.65. The molecule has 0 radical (unpaired) electrons. The van der Waals surface area contributed by atoms with Crippen LogP contribution in [0.4, 0.5) is 0 Å². The Morgan fingerprint density at radius 1 is 1.17 bits per heavy atom. The summed E-state index contributed by atoms with van der Waals surface area (Å²) >= 11 is 0. The standard InChI is InChI=1S/C15H28NO6P/c1-7-20-15(18)14(16-10-17)8-13(6)9-23(19,21-11(2)3)22-12(4)5/h8,10-12,14H,7,9H2,1-6H3,(H,16,17)/b13-8+. The van der Waals surface area contributed by atoms with Crippen LogP contribution in [0.25, 0.3) is 0 Å². The molecular weight excluding hydrogens is 321 g/mol. The van der Waals surface area contributed by atoms with Gasteiger partial charge in [0.1, 0.15) is 6.04 Å². The van der Waals surface area contributed by atoms with Crippen molar-refractivity contribution in [2.75, 3.05) is 12.8 Å². The van der Waals surface area contributed by atoms with Gasteiger partial charge in [0.25, 0.3) is 0 Å². The lowest BCUT2D eigenvalue weighted by atomic mass is 10.2. The molecule has 0 saturated carbocycles. The first-order chi connectivity index (χ1) is 10.6.